The molecule has 0 saturated carbocycles. The third kappa shape index (κ3) is 4.75. The Balaban J connectivity index is 2.11. The van der Waals surface area contributed by atoms with Crippen LogP contribution in [0.3, 0.4) is 0 Å². The van der Waals surface area contributed by atoms with E-state index in [2.05, 4.69) is 0 Å². The number of methoxy groups -OCH3 is 2. The Morgan fingerprint density at radius 3 is 2.83 bits per heavy atom. The first-order valence-corrected chi connectivity index (χ1v) is 10.2. The molecule has 1 aromatic rings. The van der Waals surface area contributed by atoms with E-state index in [1.54, 1.807) is 26.0 Å². The minimum atomic E-state index is -3.03. The number of nitrogens with zero attached hydrogens (tertiary/aromatic N) is 1. The molecule has 30 heavy (non-hydrogen) atoms. The Morgan fingerprint density at radius 2 is 2.17 bits per heavy atom. The van der Waals surface area contributed by atoms with E-state index < -0.39 is 56.2 Å². The standard InChI is InChI=1S/C24H38N2O4/c1-14(2)9-17-13-26-8-7-16-10-21(28-5)22(29-6)11-18(16)19(26)12-20(17)30-24(27)23(25)15(3)4/h10-11,14-15,17,19-20,23H,7-9,12-13,25H2,1-6H3/t17?,19?,20?,23-/m0/s1/i1D3,5D3,9D2,14D,20D/t14?,17?,19?,20?,23-. The van der Waals surface area contributed by atoms with Crippen LogP contribution >= 0.6 is 0 Å². The monoisotopic (exact) mass is 428 g/mol. The SMILES string of the molecule is [2H]C([2H])([2H])Oc1cc2c(cc1OC)C1CC([2H])(OC(=O)[C@@H](N)C(C)C)C(C([2H])([2H])C([2H])(C)C([2H])([2H])[2H])CN1CC2. The largest absolute Gasteiger partial charge is 0.493 e. The summed E-state index contributed by atoms with van der Waals surface area (Å²) >= 11 is 0. The minimum Gasteiger partial charge on any atom is -0.493 e. The lowest BCUT2D eigenvalue weighted by molar-refractivity contribution is -0.160. The number of benzene rings is 1. The van der Waals surface area contributed by atoms with Crippen molar-refractivity contribution in [3.8, 4) is 11.5 Å². The van der Waals surface area contributed by atoms with Crippen LogP contribution in [0.5, 0.6) is 11.5 Å². The Kier molecular flexibility index (Phi) is 4.12. The van der Waals surface area contributed by atoms with Gasteiger partial charge in [-0.05, 0) is 47.9 Å². The molecule has 1 saturated heterocycles. The van der Waals surface area contributed by atoms with Crippen molar-refractivity contribution in [1.29, 1.82) is 0 Å². The average molecular weight is 429 g/mol. The van der Waals surface area contributed by atoms with E-state index in [9.17, 15) is 6.17 Å². The first-order chi connectivity index (χ1) is 18.1. The Bertz CT molecular complexity index is 1110. The maximum atomic E-state index is 13.0. The summed E-state index contributed by atoms with van der Waals surface area (Å²) in [7, 11) is -1.36. The Morgan fingerprint density at radius 1 is 1.40 bits per heavy atom. The highest BCUT2D eigenvalue weighted by molar-refractivity contribution is 5.76. The number of ether oxygens (including phenoxy) is 3. The molecule has 0 radical (unpaired) electrons. The minimum absolute atomic E-state index is 0.0221. The number of hydrogen-bond donors (Lipinski definition) is 1. The summed E-state index contributed by atoms with van der Waals surface area (Å²) in [5.74, 6) is -5.24. The van der Waals surface area contributed by atoms with Gasteiger partial charge in [0.2, 0.25) is 0 Å². The fourth-order valence-corrected chi connectivity index (χ4v) is 4.10. The molecule has 1 aromatic carbocycles. The van der Waals surface area contributed by atoms with Crippen molar-refractivity contribution >= 4 is 5.97 Å². The zero-order valence-corrected chi connectivity index (χ0v) is 18.0. The third-order valence-corrected chi connectivity index (χ3v) is 5.82. The average Bonchev–Trinajstić information content (AvgIpc) is 2.80. The quantitative estimate of drug-likeness (QED) is 0.670. The van der Waals surface area contributed by atoms with Gasteiger partial charge >= 0.3 is 5.97 Å². The van der Waals surface area contributed by atoms with Crippen LogP contribution < -0.4 is 15.2 Å². The van der Waals surface area contributed by atoms with Gasteiger partial charge in [0.15, 0.2) is 11.5 Å². The molecule has 6 heteroatoms. The second-order valence-electron chi connectivity index (χ2n) is 8.25. The molecule has 0 amide bonds. The lowest BCUT2D eigenvalue weighted by atomic mass is 9.79. The van der Waals surface area contributed by atoms with Crippen LogP contribution in [0.1, 0.15) is 71.3 Å². The van der Waals surface area contributed by atoms with Crippen LogP contribution in [0.25, 0.3) is 0 Å². The molecule has 2 N–H and O–H groups in total. The highest BCUT2D eigenvalue weighted by Gasteiger charge is 2.41. The van der Waals surface area contributed by atoms with E-state index in [0.717, 1.165) is 12.5 Å². The first kappa shape index (κ1) is 12.9. The first-order valence-electron chi connectivity index (χ1n) is 15.2. The maximum Gasteiger partial charge on any atom is 0.323 e. The van der Waals surface area contributed by atoms with E-state index in [1.165, 1.54) is 7.11 Å². The highest BCUT2D eigenvalue weighted by Crippen LogP contribution is 2.44. The molecule has 3 rings (SSSR count). The lowest BCUT2D eigenvalue weighted by Gasteiger charge is -2.47. The van der Waals surface area contributed by atoms with Gasteiger partial charge in [-0.3, -0.25) is 9.69 Å². The molecule has 2 heterocycles. The van der Waals surface area contributed by atoms with Gasteiger partial charge in [0.05, 0.1) is 19.6 Å². The molecule has 0 aromatic heterocycles. The fourth-order valence-electron chi connectivity index (χ4n) is 4.10. The number of rotatable bonds is 7. The van der Waals surface area contributed by atoms with Crippen LogP contribution in [-0.4, -0.2) is 50.2 Å². The number of nitrogens with two attached hydrogens (primary N) is 1. The van der Waals surface area contributed by atoms with E-state index in [-0.39, 0.29) is 30.4 Å². The molecule has 0 spiro atoms. The number of carbonyl (C=O) groups excluding carboxylic acids is 1. The molecule has 5 atom stereocenters. The van der Waals surface area contributed by atoms with Gasteiger partial charge < -0.3 is 19.9 Å². The summed E-state index contributed by atoms with van der Waals surface area (Å²) in [4.78, 5) is 14.9. The molecule has 6 nitrogen and oxygen atoms in total. The summed E-state index contributed by atoms with van der Waals surface area (Å²) < 4.78 is 97.7. The van der Waals surface area contributed by atoms with Crippen molar-refractivity contribution in [2.24, 2.45) is 23.5 Å². The molecule has 2 aliphatic heterocycles. The molecule has 1 fully saturated rings. The third-order valence-electron chi connectivity index (χ3n) is 5.82. The number of hydrogen-bond acceptors (Lipinski definition) is 6. The molecule has 0 aliphatic carbocycles. The van der Waals surface area contributed by atoms with Crippen molar-refractivity contribution < 1.29 is 32.7 Å². The van der Waals surface area contributed by atoms with Crippen LogP contribution in [0.2, 0.25) is 0 Å². The second kappa shape index (κ2) is 9.56. The molecule has 2 aliphatic rings. The van der Waals surface area contributed by atoms with E-state index in [0.29, 0.717) is 18.5 Å². The maximum absolute atomic E-state index is 13.0. The second-order valence-corrected chi connectivity index (χ2v) is 8.25. The van der Waals surface area contributed by atoms with Crippen LogP contribution in [0.15, 0.2) is 12.1 Å². The van der Waals surface area contributed by atoms with Crippen molar-refractivity contribution in [1.82, 2.24) is 4.90 Å². The van der Waals surface area contributed by atoms with Gasteiger partial charge in [0.25, 0.3) is 0 Å². The van der Waals surface area contributed by atoms with Gasteiger partial charge in [-0.15, -0.1) is 0 Å². The topological polar surface area (TPSA) is 74.0 Å². The predicted octanol–water partition coefficient (Wildman–Crippen LogP) is 3.56. The van der Waals surface area contributed by atoms with Gasteiger partial charge in [-0.1, -0.05) is 27.6 Å². The molecular weight excluding hydrogens is 380 g/mol. The molecule has 168 valence electrons. The lowest BCUT2D eigenvalue weighted by Crippen LogP contribution is -2.51. The highest BCUT2D eigenvalue weighted by atomic mass is 16.5. The summed E-state index contributed by atoms with van der Waals surface area (Å²) in [6.45, 7) is 1.51. The summed E-state index contributed by atoms with van der Waals surface area (Å²) in [5.41, 5.74) is 7.38. The van der Waals surface area contributed by atoms with Gasteiger partial charge in [0, 0.05) is 39.7 Å². The van der Waals surface area contributed by atoms with Gasteiger partial charge in [-0.2, -0.15) is 0 Å². The number of esters is 1. The number of fused-ring (bicyclic) bond motifs is 3. The fraction of sp³-hybridized carbons (Fsp3) is 0.708. The Labute approximate surface area is 195 Å². The summed E-state index contributed by atoms with van der Waals surface area (Å²) in [5, 5.41) is 0. The van der Waals surface area contributed by atoms with Crippen LogP contribution in [-0.2, 0) is 16.0 Å². The van der Waals surface area contributed by atoms with Crippen molar-refractivity contribution in [2.45, 2.75) is 65.0 Å². The predicted molar refractivity (Wildman–Crippen MR) is 118 cm³/mol. The normalized spacial score (nSPS) is 35.5. The van der Waals surface area contributed by atoms with Crippen molar-refractivity contribution in [2.75, 3.05) is 27.2 Å². The van der Waals surface area contributed by atoms with E-state index >= 15 is 0 Å². The van der Waals surface area contributed by atoms with E-state index in [1.807, 2.05) is 4.90 Å². The van der Waals surface area contributed by atoms with Crippen molar-refractivity contribution in [3.63, 3.8) is 0 Å². The molecule has 4 unspecified atom stereocenters. The van der Waals surface area contributed by atoms with Gasteiger partial charge in [-0.25, -0.2) is 0 Å². The van der Waals surface area contributed by atoms with Crippen molar-refractivity contribution in [3.05, 3.63) is 23.3 Å². The molecule has 0 bridgehead atoms. The number of carbonyl (C=O) groups is 1. The number of piperidine rings is 1. The summed E-state index contributed by atoms with van der Waals surface area (Å²) in [6.07, 6.45) is -4.90. The summed E-state index contributed by atoms with van der Waals surface area (Å²) in [6, 6.07) is 1.47. The smallest absolute Gasteiger partial charge is 0.323 e. The zero-order chi connectivity index (χ0) is 30.6. The Hall–Kier alpha value is -1.79. The van der Waals surface area contributed by atoms with Crippen LogP contribution in [0, 0.1) is 17.7 Å². The van der Waals surface area contributed by atoms with E-state index in [4.69, 9.17) is 32.3 Å². The van der Waals surface area contributed by atoms with Crippen LogP contribution in [0.4, 0.5) is 0 Å². The zero-order valence-electron chi connectivity index (χ0n) is 28.0. The molecular formula is C24H38N2O4. The van der Waals surface area contributed by atoms with Gasteiger partial charge in [0.1, 0.15) is 12.1 Å².